The van der Waals surface area contributed by atoms with Crippen molar-refractivity contribution >= 4 is 17.9 Å². The van der Waals surface area contributed by atoms with Gasteiger partial charge in [0.25, 0.3) is 6.47 Å². The summed E-state index contributed by atoms with van der Waals surface area (Å²) in [4.78, 5) is 21.0. The molecule has 0 atom stereocenters. The van der Waals surface area contributed by atoms with Crippen LogP contribution in [0.25, 0.3) is 0 Å². The Bertz CT molecular complexity index is 414. The van der Waals surface area contributed by atoms with Crippen molar-refractivity contribution in [1.29, 1.82) is 0 Å². The summed E-state index contributed by atoms with van der Waals surface area (Å²) < 4.78 is 4.48. The first-order chi connectivity index (χ1) is 8.13. The Morgan fingerprint density at radius 3 is 2.59 bits per heavy atom. The Kier molecular flexibility index (Phi) is 4.80. The number of hydrogen-bond acceptors (Lipinski definition) is 5. The zero-order valence-electron chi connectivity index (χ0n) is 9.66. The molecular weight excluding hydrogens is 222 g/mol. The van der Waals surface area contributed by atoms with Crippen molar-refractivity contribution in [3.8, 4) is 0 Å². The molecule has 0 amide bonds. The van der Waals surface area contributed by atoms with Gasteiger partial charge in [0.05, 0.1) is 5.69 Å². The van der Waals surface area contributed by atoms with Crippen LogP contribution in [0.1, 0.15) is 17.3 Å². The van der Waals surface area contributed by atoms with E-state index in [0.29, 0.717) is 17.7 Å². The topological polar surface area (TPSA) is 71.3 Å². The summed E-state index contributed by atoms with van der Waals surface area (Å²) in [6.45, 7) is 1.88. The molecule has 0 aliphatic rings. The molecule has 0 N–H and O–H groups in total. The van der Waals surface area contributed by atoms with Gasteiger partial charge in [-0.25, -0.2) is 5.01 Å². The quantitative estimate of drug-likeness (QED) is 0.248. The standard InChI is InChI=1S/C11H13N3O3/c1-9(16)10-3-5-11(6-4-10)12-13-14(2)7-17-8-15/h3-6,8H,7H2,1-2H3. The summed E-state index contributed by atoms with van der Waals surface area (Å²) in [6, 6.07) is 6.74. The molecule has 0 bridgehead atoms. The van der Waals surface area contributed by atoms with Gasteiger partial charge in [0, 0.05) is 12.6 Å². The van der Waals surface area contributed by atoms with Gasteiger partial charge >= 0.3 is 0 Å². The van der Waals surface area contributed by atoms with Crippen molar-refractivity contribution in [2.75, 3.05) is 13.8 Å². The first-order valence-electron chi connectivity index (χ1n) is 4.92. The van der Waals surface area contributed by atoms with Crippen molar-refractivity contribution in [2.24, 2.45) is 10.3 Å². The summed E-state index contributed by atoms with van der Waals surface area (Å²) in [7, 11) is 1.62. The molecule has 0 aliphatic carbocycles. The van der Waals surface area contributed by atoms with Gasteiger partial charge in [-0.15, -0.1) is 5.11 Å². The second-order valence-corrected chi connectivity index (χ2v) is 3.34. The molecule has 90 valence electrons. The van der Waals surface area contributed by atoms with Gasteiger partial charge in [0.15, 0.2) is 12.5 Å². The maximum Gasteiger partial charge on any atom is 0.294 e. The smallest absolute Gasteiger partial charge is 0.294 e. The highest BCUT2D eigenvalue weighted by molar-refractivity contribution is 5.94. The minimum absolute atomic E-state index is 0.00462. The Balaban J connectivity index is 2.59. The van der Waals surface area contributed by atoms with Gasteiger partial charge in [-0.3, -0.25) is 9.59 Å². The van der Waals surface area contributed by atoms with Gasteiger partial charge in [-0.05, 0) is 31.2 Å². The second kappa shape index (κ2) is 6.37. The molecule has 6 nitrogen and oxygen atoms in total. The van der Waals surface area contributed by atoms with E-state index in [0.717, 1.165) is 0 Å². The highest BCUT2D eigenvalue weighted by Crippen LogP contribution is 2.14. The van der Waals surface area contributed by atoms with Gasteiger partial charge in [0.2, 0.25) is 0 Å². The second-order valence-electron chi connectivity index (χ2n) is 3.34. The van der Waals surface area contributed by atoms with Crippen molar-refractivity contribution in [3.63, 3.8) is 0 Å². The number of rotatable bonds is 6. The lowest BCUT2D eigenvalue weighted by Crippen LogP contribution is -2.13. The Hall–Kier alpha value is -2.24. The van der Waals surface area contributed by atoms with Crippen LogP contribution >= 0.6 is 0 Å². The maximum atomic E-state index is 11.0. The van der Waals surface area contributed by atoms with Crippen molar-refractivity contribution in [3.05, 3.63) is 29.8 Å². The first kappa shape index (κ1) is 12.8. The zero-order valence-corrected chi connectivity index (χ0v) is 9.66. The van der Waals surface area contributed by atoms with Crippen LogP contribution in [-0.2, 0) is 9.53 Å². The summed E-state index contributed by atoms with van der Waals surface area (Å²) in [5.74, 6) is 0.00462. The molecular formula is C11H13N3O3. The van der Waals surface area contributed by atoms with Gasteiger partial charge in [-0.1, -0.05) is 5.22 Å². The number of ether oxygens (including phenoxy) is 1. The fraction of sp³-hybridized carbons (Fsp3) is 0.273. The average Bonchev–Trinajstić information content (AvgIpc) is 2.34. The number of carbonyl (C=O) groups excluding carboxylic acids is 2. The molecule has 0 saturated carbocycles. The summed E-state index contributed by atoms with van der Waals surface area (Å²) in [6.07, 6.45) is 0. The average molecular weight is 235 g/mol. The van der Waals surface area contributed by atoms with Crippen molar-refractivity contribution in [1.82, 2.24) is 5.01 Å². The largest absolute Gasteiger partial charge is 0.445 e. The van der Waals surface area contributed by atoms with Crippen LogP contribution < -0.4 is 0 Å². The van der Waals surface area contributed by atoms with E-state index in [-0.39, 0.29) is 12.5 Å². The van der Waals surface area contributed by atoms with Crippen molar-refractivity contribution < 1.29 is 14.3 Å². The number of ketones is 1. The van der Waals surface area contributed by atoms with E-state index in [2.05, 4.69) is 15.1 Å². The molecule has 0 spiro atoms. The van der Waals surface area contributed by atoms with Gasteiger partial charge < -0.3 is 4.74 Å². The van der Waals surface area contributed by atoms with Gasteiger partial charge in [0.1, 0.15) is 0 Å². The third kappa shape index (κ3) is 4.42. The molecule has 6 heteroatoms. The highest BCUT2D eigenvalue weighted by atomic mass is 16.5. The molecule has 0 heterocycles. The maximum absolute atomic E-state index is 11.0. The first-order valence-corrected chi connectivity index (χ1v) is 4.92. The summed E-state index contributed by atoms with van der Waals surface area (Å²) >= 11 is 0. The van der Waals surface area contributed by atoms with Crippen LogP contribution in [0.5, 0.6) is 0 Å². The number of hydrogen-bond donors (Lipinski definition) is 0. The molecule has 0 unspecified atom stereocenters. The minimum Gasteiger partial charge on any atom is -0.445 e. The normalized spacial score (nSPS) is 10.2. The predicted octanol–water partition coefficient (Wildman–Crippen LogP) is 1.95. The van der Waals surface area contributed by atoms with E-state index in [1.165, 1.54) is 11.9 Å². The Morgan fingerprint density at radius 1 is 1.41 bits per heavy atom. The third-order valence-electron chi connectivity index (χ3n) is 1.92. The summed E-state index contributed by atoms with van der Waals surface area (Å²) in [5, 5.41) is 9.07. The van der Waals surface area contributed by atoms with Gasteiger partial charge in [-0.2, -0.15) is 0 Å². The van der Waals surface area contributed by atoms with E-state index < -0.39 is 0 Å². The number of nitrogens with zero attached hydrogens (tertiary/aromatic N) is 3. The van der Waals surface area contributed by atoms with Crippen molar-refractivity contribution in [2.45, 2.75) is 6.92 Å². The van der Waals surface area contributed by atoms with E-state index in [1.54, 1.807) is 31.3 Å². The van der Waals surface area contributed by atoms with Crippen LogP contribution in [0.3, 0.4) is 0 Å². The molecule has 1 aromatic carbocycles. The monoisotopic (exact) mass is 235 g/mol. The Morgan fingerprint density at radius 2 is 2.06 bits per heavy atom. The molecule has 0 saturated heterocycles. The molecule has 1 rings (SSSR count). The van der Waals surface area contributed by atoms with E-state index >= 15 is 0 Å². The number of carbonyl (C=O) groups is 2. The predicted molar refractivity (Wildman–Crippen MR) is 60.7 cm³/mol. The third-order valence-corrected chi connectivity index (χ3v) is 1.92. The van der Waals surface area contributed by atoms with Crippen LogP contribution in [0.4, 0.5) is 5.69 Å². The lowest BCUT2D eigenvalue weighted by Gasteiger charge is -2.08. The molecule has 17 heavy (non-hydrogen) atoms. The summed E-state index contributed by atoms with van der Waals surface area (Å²) in [5.41, 5.74) is 1.24. The fourth-order valence-electron chi connectivity index (χ4n) is 1.05. The molecule has 0 radical (unpaired) electrons. The fourth-order valence-corrected chi connectivity index (χ4v) is 1.05. The molecule has 0 fully saturated rings. The van der Waals surface area contributed by atoms with Crippen LogP contribution in [-0.4, -0.2) is 31.0 Å². The molecule has 1 aromatic rings. The van der Waals surface area contributed by atoms with Crippen LogP contribution in [0.2, 0.25) is 0 Å². The molecule has 0 aliphatic heterocycles. The number of Topliss-reactive ketones (excluding diaryl/α,β-unsaturated/α-hetero) is 1. The highest BCUT2D eigenvalue weighted by Gasteiger charge is 1.98. The SMILES string of the molecule is CC(=O)c1ccc(N=NN(C)COC=O)cc1. The van der Waals surface area contributed by atoms with E-state index in [4.69, 9.17) is 0 Å². The lowest BCUT2D eigenvalue weighted by atomic mass is 10.1. The molecule has 0 aromatic heterocycles. The van der Waals surface area contributed by atoms with Crippen LogP contribution in [0.15, 0.2) is 34.6 Å². The lowest BCUT2D eigenvalue weighted by molar-refractivity contribution is -0.132. The Labute approximate surface area is 98.9 Å². The zero-order chi connectivity index (χ0) is 12.7. The minimum atomic E-state index is 0.00462. The van der Waals surface area contributed by atoms with Crippen LogP contribution in [0, 0.1) is 0 Å². The van der Waals surface area contributed by atoms with E-state index in [9.17, 15) is 9.59 Å². The number of benzene rings is 1. The van der Waals surface area contributed by atoms with E-state index in [1.807, 2.05) is 0 Å².